The number of aromatic nitrogens is 2. The van der Waals surface area contributed by atoms with Crippen LogP contribution in [0.4, 0.5) is 5.69 Å². The second-order valence-electron chi connectivity index (χ2n) is 3.83. The molecule has 100 valence electrons. The van der Waals surface area contributed by atoms with E-state index in [1.165, 1.54) is 6.07 Å². The van der Waals surface area contributed by atoms with Gasteiger partial charge in [-0.3, -0.25) is 10.1 Å². The number of nitro groups is 1. The van der Waals surface area contributed by atoms with Gasteiger partial charge in [0.25, 0.3) is 5.69 Å². The van der Waals surface area contributed by atoms with Crippen LogP contribution >= 0.6 is 11.6 Å². The smallest absolute Gasteiger partial charge is 0.275 e. The van der Waals surface area contributed by atoms with E-state index in [0.717, 1.165) is 0 Å². The van der Waals surface area contributed by atoms with Crippen LogP contribution in [0.3, 0.4) is 0 Å². The predicted molar refractivity (Wildman–Crippen MR) is 67.7 cm³/mol. The largest absolute Gasteiger partial charge is 0.338 e. The van der Waals surface area contributed by atoms with Gasteiger partial charge in [-0.05, 0) is 13.0 Å². The van der Waals surface area contributed by atoms with E-state index in [4.69, 9.17) is 16.1 Å². The molecule has 0 saturated heterocycles. The monoisotopic (exact) mass is 282 g/mol. The topological polar surface area (TPSA) is 94.1 Å². The molecule has 0 aliphatic heterocycles. The van der Waals surface area contributed by atoms with E-state index in [0.29, 0.717) is 28.8 Å². The van der Waals surface area contributed by atoms with Gasteiger partial charge in [-0.2, -0.15) is 4.98 Å². The number of aryl methyl sites for hydroxylation is 1. The Morgan fingerprint density at radius 3 is 2.89 bits per heavy atom. The first-order chi connectivity index (χ1) is 9.08. The lowest BCUT2D eigenvalue weighted by Gasteiger charge is -2.05. The molecular formula is C11H11ClN4O3. The molecule has 0 radical (unpaired) electrons. The Bertz CT molecular complexity index is 599. The van der Waals surface area contributed by atoms with Crippen LogP contribution < -0.4 is 5.32 Å². The van der Waals surface area contributed by atoms with E-state index < -0.39 is 4.92 Å². The minimum absolute atomic E-state index is 0.0123. The number of halogens is 1. The zero-order valence-electron chi connectivity index (χ0n) is 10.1. The molecule has 0 unspecified atom stereocenters. The highest BCUT2D eigenvalue weighted by atomic mass is 35.5. The maximum atomic E-state index is 10.9. The van der Waals surface area contributed by atoms with Gasteiger partial charge in [0.1, 0.15) is 0 Å². The fourth-order valence-electron chi connectivity index (χ4n) is 1.60. The van der Waals surface area contributed by atoms with E-state index in [9.17, 15) is 10.1 Å². The molecule has 1 aromatic carbocycles. The molecular weight excluding hydrogens is 272 g/mol. The molecule has 2 rings (SSSR count). The SMILES string of the molecule is Cc1noc(CNCc2c(Cl)cccc2[N+](=O)[O-])n1. The van der Waals surface area contributed by atoms with Gasteiger partial charge in [-0.1, -0.05) is 22.8 Å². The zero-order chi connectivity index (χ0) is 13.8. The second kappa shape index (κ2) is 5.77. The van der Waals surface area contributed by atoms with Crippen molar-refractivity contribution in [3.8, 4) is 0 Å². The molecule has 19 heavy (non-hydrogen) atoms. The summed E-state index contributed by atoms with van der Waals surface area (Å²) in [6.45, 7) is 2.28. The first-order valence-electron chi connectivity index (χ1n) is 5.49. The molecule has 7 nitrogen and oxygen atoms in total. The van der Waals surface area contributed by atoms with Crippen LogP contribution in [0.1, 0.15) is 17.3 Å². The molecule has 0 aliphatic carbocycles. The lowest BCUT2D eigenvalue weighted by Crippen LogP contribution is -2.14. The van der Waals surface area contributed by atoms with Crippen LogP contribution in [0.25, 0.3) is 0 Å². The Hall–Kier alpha value is -1.99. The van der Waals surface area contributed by atoms with Crippen molar-refractivity contribution < 1.29 is 9.45 Å². The van der Waals surface area contributed by atoms with Gasteiger partial charge in [-0.15, -0.1) is 0 Å². The van der Waals surface area contributed by atoms with Gasteiger partial charge in [0, 0.05) is 12.6 Å². The van der Waals surface area contributed by atoms with Gasteiger partial charge in [0.2, 0.25) is 5.89 Å². The molecule has 0 atom stereocenters. The summed E-state index contributed by atoms with van der Waals surface area (Å²) in [4.78, 5) is 14.4. The minimum atomic E-state index is -0.459. The van der Waals surface area contributed by atoms with E-state index in [2.05, 4.69) is 15.5 Å². The van der Waals surface area contributed by atoms with Crippen LogP contribution in [0.5, 0.6) is 0 Å². The van der Waals surface area contributed by atoms with Crippen LogP contribution in [0, 0.1) is 17.0 Å². The Balaban J connectivity index is 2.05. The number of hydrogen-bond donors (Lipinski definition) is 1. The van der Waals surface area contributed by atoms with E-state index >= 15 is 0 Å². The molecule has 2 aromatic rings. The summed E-state index contributed by atoms with van der Waals surface area (Å²) in [6, 6.07) is 4.58. The Morgan fingerprint density at radius 2 is 2.26 bits per heavy atom. The number of nitro benzene ring substituents is 1. The number of nitrogens with zero attached hydrogens (tertiary/aromatic N) is 3. The van der Waals surface area contributed by atoms with Crippen molar-refractivity contribution in [2.75, 3.05) is 0 Å². The van der Waals surface area contributed by atoms with Crippen molar-refractivity contribution in [3.63, 3.8) is 0 Å². The third-order valence-electron chi connectivity index (χ3n) is 2.44. The number of nitrogens with one attached hydrogen (secondary N) is 1. The molecule has 1 aromatic heterocycles. The van der Waals surface area contributed by atoms with Gasteiger partial charge >= 0.3 is 0 Å². The van der Waals surface area contributed by atoms with Crippen LogP contribution in [0.2, 0.25) is 5.02 Å². The second-order valence-corrected chi connectivity index (χ2v) is 4.24. The summed E-state index contributed by atoms with van der Waals surface area (Å²) in [5, 5.41) is 17.9. The van der Waals surface area contributed by atoms with Crippen LogP contribution in [0.15, 0.2) is 22.7 Å². The molecule has 8 heteroatoms. The zero-order valence-corrected chi connectivity index (χ0v) is 10.8. The molecule has 1 N–H and O–H groups in total. The standard InChI is InChI=1S/C11H11ClN4O3/c1-7-14-11(19-15-7)6-13-5-8-9(12)3-2-4-10(8)16(17)18/h2-4,13H,5-6H2,1H3. The van der Waals surface area contributed by atoms with Crippen molar-refractivity contribution >= 4 is 17.3 Å². The van der Waals surface area contributed by atoms with Crippen molar-refractivity contribution in [2.45, 2.75) is 20.0 Å². The number of rotatable bonds is 5. The molecule has 0 amide bonds. The van der Waals surface area contributed by atoms with Crippen LogP contribution in [-0.2, 0) is 13.1 Å². The minimum Gasteiger partial charge on any atom is -0.338 e. The highest BCUT2D eigenvalue weighted by Crippen LogP contribution is 2.25. The fraction of sp³-hybridized carbons (Fsp3) is 0.273. The summed E-state index contributed by atoms with van der Waals surface area (Å²) < 4.78 is 4.92. The van der Waals surface area contributed by atoms with Crippen molar-refractivity contribution in [1.82, 2.24) is 15.5 Å². The highest BCUT2D eigenvalue weighted by Gasteiger charge is 2.16. The quantitative estimate of drug-likeness (QED) is 0.667. The van der Waals surface area contributed by atoms with E-state index in [-0.39, 0.29) is 12.2 Å². The molecule has 0 bridgehead atoms. The maximum Gasteiger partial charge on any atom is 0.275 e. The first kappa shape index (κ1) is 13.4. The molecule has 1 heterocycles. The lowest BCUT2D eigenvalue weighted by molar-refractivity contribution is -0.385. The molecule has 0 fully saturated rings. The third-order valence-corrected chi connectivity index (χ3v) is 2.79. The normalized spacial score (nSPS) is 10.6. The predicted octanol–water partition coefficient (Wildman–Crippen LogP) is 2.23. The Morgan fingerprint density at radius 1 is 1.47 bits per heavy atom. The fourth-order valence-corrected chi connectivity index (χ4v) is 1.84. The summed E-state index contributed by atoms with van der Waals surface area (Å²) >= 11 is 5.96. The lowest BCUT2D eigenvalue weighted by atomic mass is 10.2. The maximum absolute atomic E-state index is 10.9. The van der Waals surface area contributed by atoms with Crippen molar-refractivity contribution in [3.05, 3.63) is 50.6 Å². The summed E-state index contributed by atoms with van der Waals surface area (Å²) in [6.07, 6.45) is 0. The average Bonchev–Trinajstić information content (AvgIpc) is 2.77. The van der Waals surface area contributed by atoms with Crippen LogP contribution in [-0.4, -0.2) is 15.1 Å². The van der Waals surface area contributed by atoms with E-state index in [1.54, 1.807) is 19.1 Å². The third kappa shape index (κ3) is 3.27. The first-order valence-corrected chi connectivity index (χ1v) is 5.87. The Labute approximate surface area is 113 Å². The average molecular weight is 283 g/mol. The van der Waals surface area contributed by atoms with Gasteiger partial charge < -0.3 is 9.84 Å². The van der Waals surface area contributed by atoms with Crippen molar-refractivity contribution in [1.29, 1.82) is 0 Å². The highest BCUT2D eigenvalue weighted by molar-refractivity contribution is 6.31. The summed E-state index contributed by atoms with van der Waals surface area (Å²) in [7, 11) is 0. The number of hydrogen-bond acceptors (Lipinski definition) is 6. The Kier molecular flexibility index (Phi) is 4.08. The number of benzene rings is 1. The van der Waals surface area contributed by atoms with E-state index in [1.807, 2.05) is 0 Å². The summed E-state index contributed by atoms with van der Waals surface area (Å²) in [5.41, 5.74) is 0.423. The molecule has 0 aliphatic rings. The van der Waals surface area contributed by atoms with Crippen molar-refractivity contribution in [2.24, 2.45) is 0 Å². The van der Waals surface area contributed by atoms with Gasteiger partial charge in [0.15, 0.2) is 5.82 Å². The molecule has 0 spiro atoms. The summed E-state index contributed by atoms with van der Waals surface area (Å²) in [5.74, 6) is 0.965. The van der Waals surface area contributed by atoms with Gasteiger partial charge in [-0.25, -0.2) is 0 Å². The molecule has 0 saturated carbocycles. The van der Waals surface area contributed by atoms with Gasteiger partial charge in [0.05, 0.1) is 22.1 Å².